The first kappa shape index (κ1) is 20.2. The lowest BCUT2D eigenvalue weighted by Crippen LogP contribution is -2.25. The zero-order valence-electron chi connectivity index (χ0n) is 16.8. The van der Waals surface area contributed by atoms with Gasteiger partial charge < -0.3 is 15.0 Å². The largest absolute Gasteiger partial charge is 0.494 e. The summed E-state index contributed by atoms with van der Waals surface area (Å²) in [5, 5.41) is 3.00. The van der Waals surface area contributed by atoms with Gasteiger partial charge in [0, 0.05) is 32.3 Å². The summed E-state index contributed by atoms with van der Waals surface area (Å²) in [4.78, 5) is 19.2. The molecule has 2 aromatic rings. The van der Waals surface area contributed by atoms with E-state index in [1.165, 1.54) is 25.7 Å². The summed E-state index contributed by atoms with van der Waals surface area (Å²) in [6.07, 6.45) is 8.12. The summed E-state index contributed by atoms with van der Waals surface area (Å²) >= 11 is 0. The molecule has 5 heteroatoms. The number of hydrogen-bond acceptors (Lipinski definition) is 4. The molecule has 1 amide bonds. The van der Waals surface area contributed by atoms with Crippen LogP contribution in [-0.4, -0.2) is 30.6 Å². The molecule has 0 saturated carbocycles. The number of pyridine rings is 1. The summed E-state index contributed by atoms with van der Waals surface area (Å²) in [7, 11) is 0. The van der Waals surface area contributed by atoms with E-state index in [-0.39, 0.29) is 5.91 Å². The molecule has 0 spiro atoms. The third-order valence-electron chi connectivity index (χ3n) is 5.12. The Morgan fingerprint density at radius 2 is 1.89 bits per heavy atom. The molecule has 1 N–H and O–H groups in total. The fourth-order valence-electron chi connectivity index (χ4n) is 3.55. The van der Waals surface area contributed by atoms with E-state index in [1.807, 2.05) is 37.4 Å². The number of hydrogen-bond donors (Lipinski definition) is 1. The minimum atomic E-state index is 0.0443. The molecule has 1 aliphatic heterocycles. The normalized spacial score (nSPS) is 14.4. The highest BCUT2D eigenvalue weighted by Crippen LogP contribution is 2.20. The number of amides is 1. The lowest BCUT2D eigenvalue weighted by atomic mass is 10.1. The summed E-state index contributed by atoms with van der Waals surface area (Å²) in [6.45, 7) is 5.29. The number of aromatic nitrogens is 1. The van der Waals surface area contributed by atoms with Crippen LogP contribution in [0.5, 0.6) is 5.75 Å². The lowest BCUT2D eigenvalue weighted by molar-refractivity contribution is -0.121. The molecule has 0 atom stereocenters. The number of para-hydroxylation sites is 1. The van der Waals surface area contributed by atoms with Crippen LogP contribution in [0.2, 0.25) is 0 Å². The van der Waals surface area contributed by atoms with Gasteiger partial charge in [0.15, 0.2) is 0 Å². The molecular weight excluding hydrogens is 350 g/mol. The molecule has 28 heavy (non-hydrogen) atoms. The Morgan fingerprint density at radius 3 is 2.61 bits per heavy atom. The molecule has 1 aromatic carbocycles. The predicted octanol–water partition coefficient (Wildman–Crippen LogP) is 4.11. The molecule has 1 aliphatic rings. The Kier molecular flexibility index (Phi) is 7.71. The minimum absolute atomic E-state index is 0.0443. The molecule has 2 heterocycles. The van der Waals surface area contributed by atoms with Crippen molar-refractivity contribution in [1.29, 1.82) is 0 Å². The van der Waals surface area contributed by atoms with Gasteiger partial charge in [-0.1, -0.05) is 37.1 Å². The van der Waals surface area contributed by atoms with Crippen LogP contribution in [0.25, 0.3) is 0 Å². The predicted molar refractivity (Wildman–Crippen MR) is 113 cm³/mol. The molecule has 0 unspecified atom stereocenters. The topological polar surface area (TPSA) is 54.5 Å². The van der Waals surface area contributed by atoms with Crippen LogP contribution in [0, 0.1) is 0 Å². The number of nitrogens with zero attached hydrogens (tertiary/aromatic N) is 2. The van der Waals surface area contributed by atoms with Crippen molar-refractivity contribution in [2.45, 2.75) is 52.0 Å². The number of benzene rings is 1. The summed E-state index contributed by atoms with van der Waals surface area (Å²) in [5.41, 5.74) is 2.10. The number of carbonyl (C=O) groups is 1. The molecule has 0 aliphatic carbocycles. The van der Waals surface area contributed by atoms with Gasteiger partial charge in [-0.2, -0.15) is 0 Å². The second-order valence-corrected chi connectivity index (χ2v) is 7.24. The first-order chi connectivity index (χ1) is 13.8. The van der Waals surface area contributed by atoms with Gasteiger partial charge in [0.1, 0.15) is 11.6 Å². The average molecular weight is 382 g/mol. The minimum Gasteiger partial charge on any atom is -0.494 e. The van der Waals surface area contributed by atoms with E-state index >= 15 is 0 Å². The fourth-order valence-corrected chi connectivity index (χ4v) is 3.55. The number of aryl methyl sites for hydroxylation is 1. The molecule has 0 radical (unpaired) electrons. The van der Waals surface area contributed by atoms with Gasteiger partial charge in [-0.3, -0.25) is 4.79 Å². The fraction of sp³-hybridized carbons (Fsp3) is 0.478. The van der Waals surface area contributed by atoms with Crippen LogP contribution in [0.4, 0.5) is 5.82 Å². The highest BCUT2D eigenvalue weighted by Gasteiger charge is 2.11. The van der Waals surface area contributed by atoms with Crippen molar-refractivity contribution in [2.75, 3.05) is 24.6 Å². The van der Waals surface area contributed by atoms with Gasteiger partial charge in [0.2, 0.25) is 5.91 Å². The quantitative estimate of drug-likeness (QED) is 0.748. The van der Waals surface area contributed by atoms with Gasteiger partial charge in [-0.25, -0.2) is 4.98 Å². The number of anilines is 1. The van der Waals surface area contributed by atoms with E-state index in [0.29, 0.717) is 26.0 Å². The molecule has 1 fully saturated rings. The van der Waals surface area contributed by atoms with E-state index in [2.05, 4.69) is 27.3 Å². The highest BCUT2D eigenvalue weighted by atomic mass is 16.5. The number of carbonyl (C=O) groups excluding carboxylic acids is 1. The van der Waals surface area contributed by atoms with Gasteiger partial charge in [-0.15, -0.1) is 0 Å². The Balaban J connectivity index is 1.45. The van der Waals surface area contributed by atoms with Crippen molar-refractivity contribution >= 4 is 11.7 Å². The van der Waals surface area contributed by atoms with Crippen molar-refractivity contribution in [3.8, 4) is 5.75 Å². The standard InChI is InChI=1S/C23H31N3O2/c1-2-28-21-10-6-5-9-20(21)12-14-23(27)25-18-19-11-13-22(24-17-19)26-15-7-3-4-8-16-26/h5-6,9-11,13,17H,2-4,7-8,12,14-16,18H2,1H3,(H,25,27). The van der Waals surface area contributed by atoms with Crippen molar-refractivity contribution in [3.05, 3.63) is 53.7 Å². The third kappa shape index (κ3) is 5.98. The van der Waals surface area contributed by atoms with Gasteiger partial charge in [0.25, 0.3) is 0 Å². The number of nitrogens with one attached hydrogen (secondary N) is 1. The van der Waals surface area contributed by atoms with Crippen molar-refractivity contribution in [2.24, 2.45) is 0 Å². The average Bonchev–Trinajstić information content (AvgIpc) is 3.02. The third-order valence-corrected chi connectivity index (χ3v) is 5.12. The summed E-state index contributed by atoms with van der Waals surface area (Å²) < 4.78 is 5.62. The monoisotopic (exact) mass is 381 g/mol. The number of ether oxygens (including phenoxy) is 1. The highest BCUT2D eigenvalue weighted by molar-refractivity contribution is 5.76. The van der Waals surface area contributed by atoms with Gasteiger partial charge in [0.05, 0.1) is 6.61 Å². The van der Waals surface area contributed by atoms with E-state index in [4.69, 9.17) is 4.74 Å². The Labute approximate surface area is 168 Å². The van der Waals surface area contributed by atoms with Crippen LogP contribution in [0.3, 0.4) is 0 Å². The van der Waals surface area contributed by atoms with Crippen molar-refractivity contribution in [3.63, 3.8) is 0 Å². The molecule has 1 saturated heterocycles. The van der Waals surface area contributed by atoms with Gasteiger partial charge in [-0.05, 0) is 49.4 Å². The molecule has 5 nitrogen and oxygen atoms in total. The molecule has 3 rings (SSSR count). The second-order valence-electron chi connectivity index (χ2n) is 7.24. The van der Waals surface area contributed by atoms with E-state index < -0.39 is 0 Å². The maximum Gasteiger partial charge on any atom is 0.220 e. The van der Waals surface area contributed by atoms with Crippen molar-refractivity contribution in [1.82, 2.24) is 10.3 Å². The van der Waals surface area contributed by atoms with E-state index in [1.54, 1.807) is 0 Å². The Hall–Kier alpha value is -2.56. The zero-order valence-corrected chi connectivity index (χ0v) is 16.8. The Bertz CT molecular complexity index is 738. The Morgan fingerprint density at radius 1 is 1.11 bits per heavy atom. The van der Waals surface area contributed by atoms with Crippen LogP contribution >= 0.6 is 0 Å². The van der Waals surface area contributed by atoms with Crippen molar-refractivity contribution < 1.29 is 9.53 Å². The van der Waals surface area contributed by atoms with Crippen LogP contribution in [0.1, 0.15) is 50.2 Å². The first-order valence-electron chi connectivity index (χ1n) is 10.4. The maximum atomic E-state index is 12.2. The molecular formula is C23H31N3O2. The maximum absolute atomic E-state index is 12.2. The first-order valence-corrected chi connectivity index (χ1v) is 10.4. The van der Waals surface area contributed by atoms with Crippen LogP contribution in [-0.2, 0) is 17.8 Å². The molecule has 0 bridgehead atoms. The van der Waals surface area contributed by atoms with Crippen LogP contribution in [0.15, 0.2) is 42.6 Å². The van der Waals surface area contributed by atoms with E-state index in [0.717, 1.165) is 35.8 Å². The molecule has 1 aromatic heterocycles. The summed E-state index contributed by atoms with van der Waals surface area (Å²) in [6, 6.07) is 12.0. The van der Waals surface area contributed by atoms with Crippen LogP contribution < -0.4 is 15.0 Å². The SMILES string of the molecule is CCOc1ccccc1CCC(=O)NCc1ccc(N2CCCCCC2)nc1. The van der Waals surface area contributed by atoms with Gasteiger partial charge >= 0.3 is 0 Å². The smallest absolute Gasteiger partial charge is 0.220 e. The van der Waals surface area contributed by atoms with E-state index in [9.17, 15) is 4.79 Å². The lowest BCUT2D eigenvalue weighted by Gasteiger charge is -2.21. The second kappa shape index (κ2) is 10.7. The summed E-state index contributed by atoms with van der Waals surface area (Å²) in [5.74, 6) is 1.96. The molecule has 150 valence electrons. The number of rotatable bonds is 8. The zero-order chi connectivity index (χ0) is 19.6.